The minimum Gasteiger partial charge on any atom is -0.422 e. The molecule has 0 radical (unpaired) electrons. The Morgan fingerprint density at radius 2 is 1.50 bits per heavy atom. The summed E-state index contributed by atoms with van der Waals surface area (Å²) in [6.45, 7) is 5.93. The molecular weight excluding hydrogens is 346 g/mol. The van der Waals surface area contributed by atoms with Gasteiger partial charge in [0, 0.05) is 10.9 Å². The summed E-state index contributed by atoms with van der Waals surface area (Å²) in [5.41, 5.74) is 6.07. The second kappa shape index (κ2) is 7.28. The summed E-state index contributed by atoms with van der Waals surface area (Å²) >= 11 is 0. The third-order valence-corrected chi connectivity index (χ3v) is 4.89. The first-order valence-electron chi connectivity index (χ1n) is 9.28. The van der Waals surface area contributed by atoms with E-state index >= 15 is 0 Å². The van der Waals surface area contributed by atoms with E-state index in [4.69, 9.17) is 9.72 Å². The van der Waals surface area contributed by atoms with Crippen LogP contribution >= 0.6 is 0 Å². The van der Waals surface area contributed by atoms with E-state index in [1.165, 1.54) is 5.56 Å². The van der Waals surface area contributed by atoms with Crippen LogP contribution in [0.3, 0.4) is 0 Å². The van der Waals surface area contributed by atoms with Crippen LogP contribution in [0.2, 0.25) is 0 Å². The van der Waals surface area contributed by atoms with Gasteiger partial charge in [0.1, 0.15) is 5.75 Å². The van der Waals surface area contributed by atoms with Crippen molar-refractivity contribution in [1.82, 2.24) is 4.98 Å². The molecular formula is C25H21NO2. The van der Waals surface area contributed by atoms with E-state index in [0.29, 0.717) is 11.3 Å². The Labute approximate surface area is 164 Å². The summed E-state index contributed by atoms with van der Waals surface area (Å²) in [4.78, 5) is 17.9. The average molecular weight is 367 g/mol. The first-order chi connectivity index (χ1) is 13.5. The molecule has 4 aromatic rings. The van der Waals surface area contributed by atoms with Gasteiger partial charge < -0.3 is 4.74 Å². The number of rotatable bonds is 3. The lowest BCUT2D eigenvalue weighted by Crippen LogP contribution is -2.11. The maximum Gasteiger partial charge on any atom is 0.344 e. The SMILES string of the molecule is Cc1ccc(-c2cc(C(=O)Oc3c(C)cccc3C)c3ccccc3n2)cc1. The van der Waals surface area contributed by atoms with Crippen LogP contribution in [0.1, 0.15) is 27.0 Å². The first-order valence-corrected chi connectivity index (χ1v) is 9.28. The molecule has 28 heavy (non-hydrogen) atoms. The van der Waals surface area contributed by atoms with E-state index in [1.807, 2.05) is 93.6 Å². The number of carbonyl (C=O) groups is 1. The van der Waals surface area contributed by atoms with Gasteiger partial charge in [-0.3, -0.25) is 0 Å². The molecule has 0 aliphatic rings. The van der Waals surface area contributed by atoms with E-state index in [1.54, 1.807) is 0 Å². The molecule has 0 bridgehead atoms. The standard InChI is InChI=1S/C25H21NO2/c1-16-11-13-19(14-12-16)23-15-21(20-9-4-5-10-22(20)26-23)25(27)28-24-17(2)7-6-8-18(24)3/h4-15H,1-3H3. The molecule has 0 fully saturated rings. The minimum atomic E-state index is -0.371. The first kappa shape index (κ1) is 17.9. The van der Waals surface area contributed by atoms with Crippen LogP contribution in [0.15, 0.2) is 72.8 Å². The van der Waals surface area contributed by atoms with Crippen LogP contribution in [0, 0.1) is 20.8 Å². The zero-order chi connectivity index (χ0) is 19.7. The van der Waals surface area contributed by atoms with Crippen molar-refractivity contribution in [3.63, 3.8) is 0 Å². The lowest BCUT2D eigenvalue weighted by atomic mass is 10.0. The molecule has 4 rings (SSSR count). The van der Waals surface area contributed by atoms with Crippen molar-refractivity contribution in [2.24, 2.45) is 0 Å². The van der Waals surface area contributed by atoms with Crippen molar-refractivity contribution < 1.29 is 9.53 Å². The summed E-state index contributed by atoms with van der Waals surface area (Å²) in [6, 6.07) is 23.5. The summed E-state index contributed by atoms with van der Waals surface area (Å²) in [5, 5.41) is 0.787. The smallest absolute Gasteiger partial charge is 0.344 e. The summed E-state index contributed by atoms with van der Waals surface area (Å²) in [7, 11) is 0. The number of hydrogen-bond donors (Lipinski definition) is 0. The van der Waals surface area contributed by atoms with Gasteiger partial charge in [-0.1, -0.05) is 66.2 Å². The van der Waals surface area contributed by atoms with Crippen LogP contribution in [0.4, 0.5) is 0 Å². The molecule has 3 heteroatoms. The third kappa shape index (κ3) is 3.39. The molecule has 1 heterocycles. The van der Waals surface area contributed by atoms with Crippen LogP contribution in [0.5, 0.6) is 5.75 Å². The Morgan fingerprint density at radius 1 is 0.821 bits per heavy atom. The molecule has 3 aromatic carbocycles. The number of ether oxygens (including phenoxy) is 1. The van der Waals surface area contributed by atoms with Gasteiger partial charge >= 0.3 is 5.97 Å². The largest absolute Gasteiger partial charge is 0.422 e. The molecule has 0 unspecified atom stereocenters. The average Bonchev–Trinajstić information content (AvgIpc) is 2.70. The maximum atomic E-state index is 13.1. The molecule has 0 aliphatic heterocycles. The topological polar surface area (TPSA) is 39.2 Å². The fraction of sp³-hybridized carbons (Fsp3) is 0.120. The van der Waals surface area contributed by atoms with E-state index in [9.17, 15) is 4.79 Å². The highest BCUT2D eigenvalue weighted by Crippen LogP contribution is 2.28. The maximum absolute atomic E-state index is 13.1. The van der Waals surface area contributed by atoms with Crippen molar-refractivity contribution in [3.05, 3.63) is 95.1 Å². The van der Waals surface area contributed by atoms with Gasteiger partial charge in [-0.05, 0) is 44.0 Å². The Morgan fingerprint density at radius 3 is 2.21 bits per heavy atom. The molecule has 0 aliphatic carbocycles. The number of hydrogen-bond acceptors (Lipinski definition) is 3. The number of aromatic nitrogens is 1. The number of carbonyl (C=O) groups excluding carboxylic acids is 1. The molecule has 0 atom stereocenters. The number of benzene rings is 3. The van der Waals surface area contributed by atoms with E-state index in [-0.39, 0.29) is 5.97 Å². The summed E-state index contributed by atoms with van der Waals surface area (Å²) < 4.78 is 5.81. The van der Waals surface area contributed by atoms with Gasteiger partial charge in [0.15, 0.2) is 0 Å². The van der Waals surface area contributed by atoms with Crippen LogP contribution in [-0.4, -0.2) is 11.0 Å². The summed E-state index contributed by atoms with van der Waals surface area (Å²) in [5.74, 6) is 0.245. The Kier molecular flexibility index (Phi) is 4.66. The highest BCUT2D eigenvalue weighted by atomic mass is 16.5. The Hall–Kier alpha value is -3.46. The Balaban J connectivity index is 1.83. The monoisotopic (exact) mass is 367 g/mol. The number of fused-ring (bicyclic) bond motifs is 1. The van der Waals surface area contributed by atoms with Gasteiger partial charge in [-0.15, -0.1) is 0 Å². The number of pyridine rings is 1. The van der Waals surface area contributed by atoms with Crippen LogP contribution in [0.25, 0.3) is 22.2 Å². The molecule has 0 N–H and O–H groups in total. The molecule has 0 spiro atoms. The second-order valence-corrected chi connectivity index (χ2v) is 7.05. The number of para-hydroxylation sites is 2. The van der Waals surface area contributed by atoms with Gasteiger partial charge in [-0.2, -0.15) is 0 Å². The Bertz CT molecular complexity index is 1160. The van der Waals surface area contributed by atoms with Crippen LogP contribution in [-0.2, 0) is 0 Å². The normalized spacial score (nSPS) is 10.8. The van der Waals surface area contributed by atoms with Crippen molar-refractivity contribution in [1.29, 1.82) is 0 Å². The molecule has 0 saturated heterocycles. The minimum absolute atomic E-state index is 0.371. The molecule has 1 aromatic heterocycles. The van der Waals surface area contributed by atoms with Crippen LogP contribution < -0.4 is 4.74 Å². The second-order valence-electron chi connectivity index (χ2n) is 7.05. The van der Waals surface area contributed by atoms with Crippen molar-refractivity contribution in [2.75, 3.05) is 0 Å². The van der Waals surface area contributed by atoms with Gasteiger partial charge in [0.2, 0.25) is 0 Å². The van der Waals surface area contributed by atoms with Crippen molar-refractivity contribution in [2.45, 2.75) is 20.8 Å². The van der Waals surface area contributed by atoms with E-state index in [2.05, 4.69) is 0 Å². The highest BCUT2D eigenvalue weighted by molar-refractivity contribution is 6.05. The third-order valence-electron chi connectivity index (χ3n) is 4.89. The quantitative estimate of drug-likeness (QED) is 0.327. The van der Waals surface area contributed by atoms with Crippen molar-refractivity contribution in [3.8, 4) is 17.0 Å². The molecule has 0 saturated carbocycles. The lowest BCUT2D eigenvalue weighted by Gasteiger charge is -2.13. The molecule has 0 amide bonds. The zero-order valence-corrected chi connectivity index (χ0v) is 16.2. The predicted octanol–water partition coefficient (Wildman–Crippen LogP) is 6.05. The number of esters is 1. The predicted molar refractivity (Wildman–Crippen MR) is 113 cm³/mol. The fourth-order valence-corrected chi connectivity index (χ4v) is 3.32. The fourth-order valence-electron chi connectivity index (χ4n) is 3.32. The number of nitrogens with zero attached hydrogens (tertiary/aromatic N) is 1. The number of aryl methyl sites for hydroxylation is 3. The zero-order valence-electron chi connectivity index (χ0n) is 16.2. The van der Waals surface area contributed by atoms with Gasteiger partial charge in [0.05, 0.1) is 16.8 Å². The van der Waals surface area contributed by atoms with E-state index < -0.39 is 0 Å². The van der Waals surface area contributed by atoms with Gasteiger partial charge in [0.25, 0.3) is 0 Å². The molecule has 3 nitrogen and oxygen atoms in total. The highest BCUT2D eigenvalue weighted by Gasteiger charge is 2.17. The van der Waals surface area contributed by atoms with Crippen molar-refractivity contribution >= 4 is 16.9 Å². The van der Waals surface area contributed by atoms with E-state index in [0.717, 1.165) is 33.3 Å². The molecule has 138 valence electrons. The lowest BCUT2D eigenvalue weighted by molar-refractivity contribution is 0.0734. The van der Waals surface area contributed by atoms with Gasteiger partial charge in [-0.25, -0.2) is 9.78 Å². The summed E-state index contributed by atoms with van der Waals surface area (Å²) in [6.07, 6.45) is 0.